The molecule has 1 aromatic carbocycles. The molecule has 0 unspecified atom stereocenters. The summed E-state index contributed by atoms with van der Waals surface area (Å²) in [6.45, 7) is 4.01. The first-order chi connectivity index (χ1) is 10.4. The maximum Gasteiger partial charge on any atom is 0.182 e. The first kappa shape index (κ1) is 12.1. The predicted molar refractivity (Wildman–Crippen MR) is 76.8 cm³/mol. The van der Waals surface area contributed by atoms with E-state index in [1.54, 1.807) is 6.20 Å². The van der Waals surface area contributed by atoms with Gasteiger partial charge in [0.15, 0.2) is 11.6 Å². The molecule has 0 aliphatic carbocycles. The van der Waals surface area contributed by atoms with Crippen LogP contribution in [-0.4, -0.2) is 24.5 Å². The van der Waals surface area contributed by atoms with Crippen molar-refractivity contribution in [3.05, 3.63) is 47.9 Å². The van der Waals surface area contributed by atoms with Crippen molar-refractivity contribution in [2.45, 2.75) is 26.6 Å². The molecule has 0 N–H and O–H groups in total. The van der Waals surface area contributed by atoms with Crippen LogP contribution in [-0.2, 0) is 19.7 Å². The molecule has 0 bridgehead atoms. The zero-order valence-corrected chi connectivity index (χ0v) is 11.7. The molecule has 0 atom stereocenters. The van der Waals surface area contributed by atoms with Gasteiger partial charge in [-0.1, -0.05) is 18.2 Å². The molecule has 0 amide bonds. The number of aryl methyl sites for hydroxylation is 1. The van der Waals surface area contributed by atoms with Crippen LogP contribution in [0.1, 0.15) is 18.3 Å². The van der Waals surface area contributed by atoms with E-state index in [0.29, 0.717) is 13.2 Å². The standard InChI is InChI=1S/C15H15N5O/c1-2-20-12(7-8-16-20)15-18-17-14-10-21-13-6-4-3-5-11(13)9-19(14)15/h3-8H,2,9-10H2,1H3. The van der Waals surface area contributed by atoms with Crippen molar-refractivity contribution in [2.24, 2.45) is 0 Å². The summed E-state index contributed by atoms with van der Waals surface area (Å²) in [5, 5.41) is 12.9. The third-order valence-electron chi connectivity index (χ3n) is 3.73. The lowest BCUT2D eigenvalue weighted by Gasteiger charge is -2.08. The van der Waals surface area contributed by atoms with Crippen LogP contribution in [0.3, 0.4) is 0 Å². The average molecular weight is 281 g/mol. The second-order valence-electron chi connectivity index (χ2n) is 4.95. The molecular formula is C15H15N5O. The van der Waals surface area contributed by atoms with E-state index in [4.69, 9.17) is 4.74 Å². The summed E-state index contributed by atoms with van der Waals surface area (Å²) in [5.41, 5.74) is 2.12. The quantitative estimate of drug-likeness (QED) is 0.722. The Morgan fingerprint density at radius 2 is 2.10 bits per heavy atom. The molecule has 6 heteroatoms. The molecule has 0 fully saturated rings. The summed E-state index contributed by atoms with van der Waals surface area (Å²) in [4.78, 5) is 0. The van der Waals surface area contributed by atoms with Gasteiger partial charge in [0.2, 0.25) is 0 Å². The first-order valence-corrected chi connectivity index (χ1v) is 7.02. The number of aromatic nitrogens is 5. The van der Waals surface area contributed by atoms with Gasteiger partial charge in [-0.15, -0.1) is 10.2 Å². The molecule has 0 spiro atoms. The topological polar surface area (TPSA) is 57.8 Å². The zero-order valence-electron chi connectivity index (χ0n) is 11.7. The minimum Gasteiger partial charge on any atom is -0.485 e. The van der Waals surface area contributed by atoms with Gasteiger partial charge in [0.05, 0.1) is 6.54 Å². The van der Waals surface area contributed by atoms with Gasteiger partial charge in [-0.3, -0.25) is 4.68 Å². The van der Waals surface area contributed by atoms with Gasteiger partial charge in [-0.2, -0.15) is 5.10 Å². The van der Waals surface area contributed by atoms with Crippen molar-refractivity contribution in [1.29, 1.82) is 0 Å². The molecule has 0 saturated carbocycles. The maximum absolute atomic E-state index is 5.82. The number of fused-ring (bicyclic) bond motifs is 2. The molecule has 106 valence electrons. The number of ether oxygens (including phenoxy) is 1. The van der Waals surface area contributed by atoms with Crippen LogP contribution in [0.4, 0.5) is 0 Å². The Morgan fingerprint density at radius 3 is 3.00 bits per heavy atom. The Labute approximate surface area is 122 Å². The van der Waals surface area contributed by atoms with Gasteiger partial charge in [-0.05, 0) is 19.1 Å². The molecule has 0 radical (unpaired) electrons. The Bertz CT molecular complexity index is 789. The van der Waals surface area contributed by atoms with Gasteiger partial charge in [0, 0.05) is 18.3 Å². The first-order valence-electron chi connectivity index (χ1n) is 7.02. The number of para-hydroxylation sites is 1. The van der Waals surface area contributed by atoms with Crippen LogP contribution in [0.5, 0.6) is 5.75 Å². The number of hydrogen-bond donors (Lipinski definition) is 0. The van der Waals surface area contributed by atoms with E-state index >= 15 is 0 Å². The van der Waals surface area contributed by atoms with Crippen molar-refractivity contribution in [1.82, 2.24) is 24.5 Å². The van der Waals surface area contributed by atoms with E-state index < -0.39 is 0 Å². The van der Waals surface area contributed by atoms with E-state index in [1.165, 1.54) is 0 Å². The van der Waals surface area contributed by atoms with Crippen LogP contribution in [0.15, 0.2) is 36.5 Å². The third kappa shape index (κ3) is 1.91. The molecular weight excluding hydrogens is 266 g/mol. The van der Waals surface area contributed by atoms with Crippen LogP contribution in [0.25, 0.3) is 11.5 Å². The van der Waals surface area contributed by atoms with Crippen molar-refractivity contribution in [3.63, 3.8) is 0 Å². The SMILES string of the molecule is CCn1nccc1-c1nnc2n1Cc1ccccc1OC2. The maximum atomic E-state index is 5.82. The average Bonchev–Trinajstić information content (AvgIpc) is 3.08. The lowest BCUT2D eigenvalue weighted by atomic mass is 10.2. The minimum absolute atomic E-state index is 0.435. The van der Waals surface area contributed by atoms with E-state index in [1.807, 2.05) is 28.9 Å². The monoisotopic (exact) mass is 281 g/mol. The smallest absolute Gasteiger partial charge is 0.182 e. The normalized spacial score (nSPS) is 13.2. The summed E-state index contributed by atoms with van der Waals surface area (Å²) < 4.78 is 9.85. The summed E-state index contributed by atoms with van der Waals surface area (Å²) in [6, 6.07) is 10.0. The number of benzene rings is 1. The number of nitrogens with zero attached hydrogens (tertiary/aromatic N) is 5. The summed E-state index contributed by atoms with van der Waals surface area (Å²) >= 11 is 0. The van der Waals surface area contributed by atoms with Gasteiger partial charge >= 0.3 is 0 Å². The van der Waals surface area contributed by atoms with Crippen molar-refractivity contribution < 1.29 is 4.74 Å². The van der Waals surface area contributed by atoms with E-state index in [-0.39, 0.29) is 0 Å². The van der Waals surface area contributed by atoms with Crippen molar-refractivity contribution in [3.8, 4) is 17.3 Å². The number of rotatable bonds is 2. The Hall–Kier alpha value is -2.63. The lowest BCUT2D eigenvalue weighted by molar-refractivity contribution is 0.297. The highest BCUT2D eigenvalue weighted by molar-refractivity contribution is 5.50. The van der Waals surface area contributed by atoms with Gasteiger partial charge in [-0.25, -0.2) is 0 Å². The Morgan fingerprint density at radius 1 is 1.19 bits per heavy atom. The van der Waals surface area contributed by atoms with Gasteiger partial charge < -0.3 is 9.30 Å². The minimum atomic E-state index is 0.435. The van der Waals surface area contributed by atoms with E-state index in [2.05, 4.69) is 32.9 Å². The second kappa shape index (κ2) is 4.73. The summed E-state index contributed by atoms with van der Waals surface area (Å²) in [5.74, 6) is 2.59. The molecule has 1 aliphatic heterocycles. The molecule has 21 heavy (non-hydrogen) atoms. The molecule has 3 aromatic rings. The van der Waals surface area contributed by atoms with Crippen LogP contribution in [0.2, 0.25) is 0 Å². The van der Waals surface area contributed by atoms with Crippen LogP contribution >= 0.6 is 0 Å². The van der Waals surface area contributed by atoms with Gasteiger partial charge in [0.1, 0.15) is 18.1 Å². The van der Waals surface area contributed by atoms with Gasteiger partial charge in [0.25, 0.3) is 0 Å². The van der Waals surface area contributed by atoms with Crippen molar-refractivity contribution >= 4 is 0 Å². The Kier molecular flexibility index (Phi) is 2.73. The zero-order chi connectivity index (χ0) is 14.2. The molecule has 1 aliphatic rings. The molecule has 4 rings (SSSR count). The highest BCUT2D eigenvalue weighted by Gasteiger charge is 2.21. The van der Waals surface area contributed by atoms with Crippen LogP contribution in [0, 0.1) is 0 Å². The fourth-order valence-electron chi connectivity index (χ4n) is 2.66. The highest BCUT2D eigenvalue weighted by Crippen LogP contribution is 2.27. The predicted octanol–water partition coefficient (Wildman–Crippen LogP) is 2.10. The molecule has 6 nitrogen and oxygen atoms in total. The molecule has 3 heterocycles. The van der Waals surface area contributed by atoms with Crippen molar-refractivity contribution in [2.75, 3.05) is 0 Å². The van der Waals surface area contributed by atoms with E-state index in [0.717, 1.165) is 35.2 Å². The summed E-state index contributed by atoms with van der Waals surface area (Å²) in [7, 11) is 0. The Balaban J connectivity index is 1.83. The molecule has 0 saturated heterocycles. The van der Waals surface area contributed by atoms with Crippen LogP contribution < -0.4 is 4.74 Å². The fourth-order valence-corrected chi connectivity index (χ4v) is 2.66. The fraction of sp³-hybridized carbons (Fsp3) is 0.267. The molecule has 2 aromatic heterocycles. The van der Waals surface area contributed by atoms with E-state index in [9.17, 15) is 0 Å². The third-order valence-corrected chi connectivity index (χ3v) is 3.73. The lowest BCUT2D eigenvalue weighted by Crippen LogP contribution is -2.08. The number of hydrogen-bond acceptors (Lipinski definition) is 4. The highest BCUT2D eigenvalue weighted by atomic mass is 16.5. The largest absolute Gasteiger partial charge is 0.485 e. The second-order valence-corrected chi connectivity index (χ2v) is 4.95. The summed E-state index contributed by atoms with van der Waals surface area (Å²) in [6.07, 6.45) is 1.79.